The van der Waals surface area contributed by atoms with E-state index in [1.807, 2.05) is 18.2 Å². The van der Waals surface area contributed by atoms with E-state index in [-0.39, 0.29) is 31.1 Å². The van der Waals surface area contributed by atoms with Gasteiger partial charge >= 0.3 is 0 Å². The van der Waals surface area contributed by atoms with E-state index in [4.69, 9.17) is 24.7 Å². The molecular weight excluding hydrogens is 302 g/mol. The van der Waals surface area contributed by atoms with Gasteiger partial charge in [-0.3, -0.25) is 0 Å². The van der Waals surface area contributed by atoms with E-state index in [1.54, 1.807) is 4.68 Å². The Morgan fingerprint density at radius 1 is 1.09 bits per heavy atom. The Morgan fingerprint density at radius 2 is 1.96 bits per heavy atom. The molecule has 2 fully saturated rings. The zero-order valence-corrected chi connectivity index (χ0v) is 12.2. The lowest BCUT2D eigenvalue weighted by molar-refractivity contribution is 0.0629. The van der Waals surface area contributed by atoms with Crippen LogP contribution in [0.1, 0.15) is 6.04 Å². The third-order valence-corrected chi connectivity index (χ3v) is 4.50. The zero-order valence-electron chi connectivity index (χ0n) is 12.2. The minimum atomic E-state index is -0.124. The summed E-state index contributed by atoms with van der Waals surface area (Å²) in [7, 11) is 0. The molecule has 0 unspecified atom stereocenters. The van der Waals surface area contributed by atoms with E-state index in [9.17, 15) is 0 Å². The lowest BCUT2D eigenvalue weighted by atomic mass is 10.1. The molecule has 9 heteroatoms. The van der Waals surface area contributed by atoms with Crippen molar-refractivity contribution < 1.29 is 18.9 Å². The molecular formula is C14H15N5O4. The predicted molar refractivity (Wildman–Crippen MR) is 75.9 cm³/mol. The summed E-state index contributed by atoms with van der Waals surface area (Å²) in [5.41, 5.74) is 6.86. The Labute approximate surface area is 131 Å². The number of nitrogens with two attached hydrogens (primary N) is 1. The molecule has 3 aliphatic heterocycles. The number of fused-ring (bicyclic) bond motifs is 2. The highest BCUT2D eigenvalue weighted by molar-refractivity contribution is 5.61. The first-order valence-electron chi connectivity index (χ1n) is 7.48. The molecule has 0 aliphatic carbocycles. The molecule has 0 amide bonds. The van der Waals surface area contributed by atoms with Crippen molar-refractivity contribution in [1.82, 2.24) is 20.2 Å². The average Bonchev–Trinajstić information content (AvgIpc) is 3.32. The number of ether oxygens (including phenoxy) is 4. The fraction of sp³-hybridized carbons (Fsp3) is 0.500. The van der Waals surface area contributed by atoms with Crippen molar-refractivity contribution in [2.24, 2.45) is 5.73 Å². The van der Waals surface area contributed by atoms with E-state index in [2.05, 4.69) is 15.5 Å². The van der Waals surface area contributed by atoms with Gasteiger partial charge in [0.25, 0.3) is 0 Å². The molecule has 9 nitrogen and oxygen atoms in total. The topological polar surface area (TPSA) is 107 Å². The smallest absolute Gasteiger partial charge is 0.231 e. The zero-order chi connectivity index (χ0) is 15.4. The summed E-state index contributed by atoms with van der Waals surface area (Å²) in [5, 5.41) is 12.1. The largest absolute Gasteiger partial charge is 0.454 e. The number of nitrogens with zero attached hydrogens (tertiary/aromatic N) is 4. The van der Waals surface area contributed by atoms with Crippen LogP contribution in [0, 0.1) is 0 Å². The molecule has 5 rings (SSSR count). The van der Waals surface area contributed by atoms with Crippen LogP contribution in [0.15, 0.2) is 18.2 Å². The van der Waals surface area contributed by atoms with Crippen molar-refractivity contribution in [3.8, 4) is 22.9 Å². The van der Waals surface area contributed by atoms with Crippen LogP contribution in [0.4, 0.5) is 0 Å². The van der Waals surface area contributed by atoms with Crippen LogP contribution in [0.3, 0.4) is 0 Å². The van der Waals surface area contributed by atoms with E-state index in [1.165, 1.54) is 0 Å². The maximum absolute atomic E-state index is 6.00. The number of benzene rings is 1. The van der Waals surface area contributed by atoms with Crippen molar-refractivity contribution in [2.45, 2.75) is 24.3 Å². The molecule has 3 aliphatic rings. The standard InChI is InChI=1S/C14H15N5O4/c15-8-4-20-13-9(5-21-12(8)13)19-14(16-17-18-19)7-1-2-10-11(3-7)23-6-22-10/h1-3,8-9,12-13H,4-6,15H2/t8-,9-,12+,13+/m0/s1. The summed E-state index contributed by atoms with van der Waals surface area (Å²) >= 11 is 0. The molecule has 1 aromatic carbocycles. The van der Waals surface area contributed by atoms with Crippen molar-refractivity contribution in [3.63, 3.8) is 0 Å². The van der Waals surface area contributed by atoms with E-state index in [0.29, 0.717) is 24.8 Å². The van der Waals surface area contributed by atoms with E-state index < -0.39 is 0 Å². The van der Waals surface area contributed by atoms with Gasteiger partial charge in [-0.2, -0.15) is 0 Å². The molecule has 1 aromatic heterocycles. The molecule has 0 radical (unpaired) electrons. The summed E-state index contributed by atoms with van der Waals surface area (Å²) in [6.45, 7) is 1.20. The minimum Gasteiger partial charge on any atom is -0.454 e. The summed E-state index contributed by atoms with van der Waals surface area (Å²) in [6.07, 6.45) is -0.227. The van der Waals surface area contributed by atoms with Gasteiger partial charge in [0, 0.05) is 5.56 Å². The molecule has 23 heavy (non-hydrogen) atoms. The van der Waals surface area contributed by atoms with Crippen molar-refractivity contribution in [1.29, 1.82) is 0 Å². The van der Waals surface area contributed by atoms with Gasteiger partial charge < -0.3 is 24.7 Å². The first-order chi connectivity index (χ1) is 11.3. The van der Waals surface area contributed by atoms with Crippen molar-refractivity contribution in [2.75, 3.05) is 20.0 Å². The van der Waals surface area contributed by atoms with E-state index in [0.717, 1.165) is 11.3 Å². The fourth-order valence-electron chi connectivity index (χ4n) is 3.36. The summed E-state index contributed by atoms with van der Waals surface area (Å²) in [4.78, 5) is 0. The molecule has 0 bridgehead atoms. The highest BCUT2D eigenvalue weighted by atomic mass is 16.7. The summed E-state index contributed by atoms with van der Waals surface area (Å²) < 4.78 is 24.1. The van der Waals surface area contributed by atoms with Gasteiger partial charge in [-0.05, 0) is 28.6 Å². The number of tetrazole rings is 1. The third-order valence-electron chi connectivity index (χ3n) is 4.50. The maximum atomic E-state index is 6.00. The monoisotopic (exact) mass is 317 g/mol. The molecule has 4 atom stereocenters. The second-order valence-corrected chi connectivity index (χ2v) is 5.84. The van der Waals surface area contributed by atoms with Gasteiger partial charge in [-0.1, -0.05) is 0 Å². The molecule has 120 valence electrons. The Kier molecular flexibility index (Phi) is 2.81. The van der Waals surface area contributed by atoms with Crippen LogP contribution in [-0.2, 0) is 9.47 Å². The fourth-order valence-corrected chi connectivity index (χ4v) is 3.36. The Hall–Kier alpha value is -2.23. The minimum absolute atomic E-state index is 0.0935. The van der Waals surface area contributed by atoms with E-state index >= 15 is 0 Å². The highest BCUT2D eigenvalue weighted by Gasteiger charge is 2.48. The van der Waals surface area contributed by atoms with Crippen LogP contribution in [0.5, 0.6) is 11.5 Å². The first-order valence-corrected chi connectivity index (χ1v) is 7.48. The van der Waals surface area contributed by atoms with Gasteiger partial charge in [-0.15, -0.1) is 5.10 Å². The van der Waals surface area contributed by atoms with Gasteiger partial charge in [0.1, 0.15) is 18.2 Å². The average molecular weight is 317 g/mol. The van der Waals surface area contributed by atoms with Gasteiger partial charge in [0.2, 0.25) is 6.79 Å². The van der Waals surface area contributed by atoms with Gasteiger partial charge in [0.05, 0.1) is 19.3 Å². The van der Waals surface area contributed by atoms with Gasteiger partial charge in [0.15, 0.2) is 17.3 Å². The normalized spacial score (nSPS) is 31.5. The molecule has 2 saturated heterocycles. The van der Waals surface area contributed by atoms with Crippen LogP contribution in [0.2, 0.25) is 0 Å². The maximum Gasteiger partial charge on any atom is 0.231 e. The van der Waals surface area contributed by atoms with Crippen LogP contribution >= 0.6 is 0 Å². The van der Waals surface area contributed by atoms with Crippen LogP contribution < -0.4 is 15.2 Å². The number of aromatic nitrogens is 4. The molecule has 0 saturated carbocycles. The quantitative estimate of drug-likeness (QED) is 0.807. The summed E-state index contributed by atoms with van der Waals surface area (Å²) in [6, 6.07) is 5.44. The van der Waals surface area contributed by atoms with Gasteiger partial charge in [-0.25, -0.2) is 4.68 Å². The first kappa shape index (κ1) is 13.2. The summed E-state index contributed by atoms with van der Waals surface area (Å²) in [5.74, 6) is 2.06. The molecule has 2 N–H and O–H groups in total. The van der Waals surface area contributed by atoms with Crippen molar-refractivity contribution >= 4 is 0 Å². The number of rotatable bonds is 2. The number of hydrogen-bond acceptors (Lipinski definition) is 8. The van der Waals surface area contributed by atoms with Crippen molar-refractivity contribution in [3.05, 3.63) is 18.2 Å². The highest BCUT2D eigenvalue weighted by Crippen LogP contribution is 2.38. The third kappa shape index (κ3) is 1.94. The predicted octanol–water partition coefficient (Wildman–Crippen LogP) is -0.265. The molecule has 4 heterocycles. The number of hydrogen-bond donors (Lipinski definition) is 1. The Bertz CT molecular complexity index is 751. The lowest BCUT2D eigenvalue weighted by Crippen LogP contribution is -2.36. The SMILES string of the molecule is N[C@H]1CO[C@H]2[C@@H]1OC[C@@H]2n1nnnc1-c1ccc2c(c1)OCO2. The van der Waals surface area contributed by atoms with Crippen LogP contribution in [-0.4, -0.2) is 58.5 Å². The molecule has 0 spiro atoms. The molecule has 2 aromatic rings. The Morgan fingerprint density at radius 3 is 2.91 bits per heavy atom. The van der Waals surface area contributed by atoms with Crippen LogP contribution in [0.25, 0.3) is 11.4 Å². The second kappa shape index (κ2) is 4.88. The second-order valence-electron chi connectivity index (χ2n) is 5.84. The lowest BCUT2D eigenvalue weighted by Gasteiger charge is -2.17. The Balaban J connectivity index is 1.51.